The Morgan fingerprint density at radius 1 is 1.43 bits per heavy atom. The number of carbonyl (C=O) groups excluding carboxylic acids is 1. The van der Waals surface area contributed by atoms with Crippen LogP contribution in [0.3, 0.4) is 0 Å². The molecule has 1 aliphatic carbocycles. The van der Waals surface area contributed by atoms with Gasteiger partial charge in [-0.1, -0.05) is 0 Å². The molecule has 23 heavy (non-hydrogen) atoms. The summed E-state index contributed by atoms with van der Waals surface area (Å²) in [4.78, 5) is 12.1. The molecule has 3 rings (SSSR count). The van der Waals surface area contributed by atoms with Crippen LogP contribution >= 0.6 is 0 Å². The van der Waals surface area contributed by atoms with Crippen molar-refractivity contribution in [2.75, 3.05) is 0 Å². The molecule has 6 nitrogen and oxygen atoms in total. The Kier molecular flexibility index (Phi) is 3.80. The van der Waals surface area contributed by atoms with Crippen LogP contribution in [-0.4, -0.2) is 32.9 Å². The number of hydrogen-bond acceptors (Lipinski definition) is 4. The van der Waals surface area contributed by atoms with Crippen LogP contribution in [0.4, 0.5) is 8.78 Å². The maximum atomic E-state index is 13.8. The molecule has 0 bridgehead atoms. The fourth-order valence-corrected chi connectivity index (χ4v) is 2.67. The highest BCUT2D eigenvalue weighted by atomic mass is 19.1. The molecule has 1 fully saturated rings. The first-order valence-corrected chi connectivity index (χ1v) is 6.88. The van der Waals surface area contributed by atoms with Gasteiger partial charge in [-0.25, -0.2) is 8.78 Å². The summed E-state index contributed by atoms with van der Waals surface area (Å²) in [6, 6.07) is 3.91. The Hall–Kier alpha value is -2.79. The van der Waals surface area contributed by atoms with Crippen molar-refractivity contribution in [1.82, 2.24) is 15.1 Å². The fourth-order valence-electron chi connectivity index (χ4n) is 2.67. The number of aromatic nitrogens is 2. The van der Waals surface area contributed by atoms with Crippen LogP contribution in [0.1, 0.15) is 28.4 Å². The molecule has 118 valence electrons. The standard InChI is InChI=1S/C15H12F2N4O2/c16-9-4-8(7-18)5-10(17)13(9)15(23)20-11-6-12(22)14(11)21-3-1-2-19-21/h1-5,11-12,14,22H,6H2,(H,20,23)/t11-,12+,14+/m0/s1. The van der Waals surface area contributed by atoms with Crippen LogP contribution in [0.5, 0.6) is 0 Å². The average Bonchev–Trinajstić information content (AvgIpc) is 2.99. The highest BCUT2D eigenvalue weighted by Crippen LogP contribution is 2.32. The van der Waals surface area contributed by atoms with Crippen LogP contribution < -0.4 is 5.32 Å². The SMILES string of the molecule is N#Cc1cc(F)c(C(=O)N[C@H]2C[C@@H](O)[C@@H]2n2cccn2)c(F)c1. The molecule has 3 atom stereocenters. The lowest BCUT2D eigenvalue weighted by Gasteiger charge is -2.41. The van der Waals surface area contributed by atoms with E-state index in [4.69, 9.17) is 5.26 Å². The zero-order chi connectivity index (χ0) is 16.6. The zero-order valence-corrected chi connectivity index (χ0v) is 11.8. The smallest absolute Gasteiger partial charge is 0.257 e. The van der Waals surface area contributed by atoms with Crippen LogP contribution in [0.25, 0.3) is 0 Å². The first-order chi connectivity index (χ1) is 11.0. The Morgan fingerprint density at radius 3 is 2.65 bits per heavy atom. The first-order valence-electron chi connectivity index (χ1n) is 6.88. The molecule has 1 aliphatic rings. The second kappa shape index (κ2) is 5.78. The van der Waals surface area contributed by atoms with Gasteiger partial charge in [0.2, 0.25) is 0 Å². The molecule has 8 heteroatoms. The van der Waals surface area contributed by atoms with Crippen molar-refractivity contribution in [3.8, 4) is 6.07 Å². The summed E-state index contributed by atoms with van der Waals surface area (Å²) in [5.74, 6) is -3.14. The minimum Gasteiger partial charge on any atom is -0.391 e. The van der Waals surface area contributed by atoms with E-state index in [0.29, 0.717) is 0 Å². The summed E-state index contributed by atoms with van der Waals surface area (Å²) >= 11 is 0. The molecule has 1 aromatic carbocycles. The molecule has 1 aromatic heterocycles. The van der Waals surface area contributed by atoms with Crippen LogP contribution in [0.2, 0.25) is 0 Å². The quantitative estimate of drug-likeness (QED) is 0.888. The van der Waals surface area contributed by atoms with Crippen LogP contribution in [0.15, 0.2) is 30.6 Å². The van der Waals surface area contributed by atoms with E-state index in [1.165, 1.54) is 10.9 Å². The van der Waals surface area contributed by atoms with Gasteiger partial charge in [0.05, 0.1) is 29.8 Å². The number of nitrogens with one attached hydrogen (secondary N) is 1. The topological polar surface area (TPSA) is 90.9 Å². The number of benzene rings is 1. The Labute approximate surface area is 130 Å². The average molecular weight is 318 g/mol. The number of rotatable bonds is 3. The number of carbonyl (C=O) groups is 1. The molecular weight excluding hydrogens is 306 g/mol. The molecule has 0 radical (unpaired) electrons. The second-order valence-electron chi connectivity index (χ2n) is 5.29. The lowest BCUT2D eigenvalue weighted by atomic mass is 9.83. The first kappa shape index (κ1) is 15.1. The fraction of sp³-hybridized carbons (Fsp3) is 0.267. The Bertz CT molecular complexity index is 762. The van der Waals surface area contributed by atoms with E-state index in [1.807, 2.05) is 0 Å². The molecule has 0 saturated heterocycles. The van der Waals surface area contributed by atoms with Gasteiger partial charge in [0.1, 0.15) is 17.2 Å². The number of aliphatic hydroxyl groups is 1. The van der Waals surface area contributed by atoms with E-state index in [9.17, 15) is 18.7 Å². The van der Waals surface area contributed by atoms with E-state index in [-0.39, 0.29) is 12.0 Å². The molecule has 0 spiro atoms. The summed E-state index contributed by atoms with van der Waals surface area (Å²) < 4.78 is 29.2. The summed E-state index contributed by atoms with van der Waals surface area (Å²) in [6.07, 6.45) is 2.73. The maximum absolute atomic E-state index is 13.8. The van der Waals surface area contributed by atoms with Gasteiger partial charge < -0.3 is 10.4 Å². The van der Waals surface area contributed by atoms with E-state index in [2.05, 4.69) is 10.4 Å². The maximum Gasteiger partial charge on any atom is 0.257 e. The Balaban J connectivity index is 1.79. The molecule has 1 heterocycles. The number of amides is 1. The number of hydrogen-bond donors (Lipinski definition) is 2. The molecule has 0 aliphatic heterocycles. The third-order valence-corrected chi connectivity index (χ3v) is 3.85. The largest absolute Gasteiger partial charge is 0.391 e. The van der Waals surface area contributed by atoms with Gasteiger partial charge in [0, 0.05) is 12.4 Å². The van der Waals surface area contributed by atoms with Gasteiger partial charge in [-0.3, -0.25) is 9.48 Å². The van der Waals surface area contributed by atoms with Crippen molar-refractivity contribution in [1.29, 1.82) is 5.26 Å². The zero-order valence-electron chi connectivity index (χ0n) is 11.8. The number of halogens is 2. The number of nitrogens with zero attached hydrogens (tertiary/aromatic N) is 3. The van der Waals surface area contributed by atoms with Gasteiger partial charge in [0.15, 0.2) is 0 Å². The molecule has 2 N–H and O–H groups in total. The highest BCUT2D eigenvalue weighted by Gasteiger charge is 2.43. The Morgan fingerprint density at radius 2 is 2.13 bits per heavy atom. The number of nitriles is 1. The molecule has 1 amide bonds. The summed E-state index contributed by atoms with van der Waals surface area (Å²) in [5.41, 5.74) is -0.949. The lowest BCUT2D eigenvalue weighted by molar-refractivity contribution is -0.00597. The van der Waals surface area contributed by atoms with E-state index in [0.717, 1.165) is 12.1 Å². The highest BCUT2D eigenvalue weighted by molar-refractivity contribution is 5.95. The van der Waals surface area contributed by atoms with Gasteiger partial charge in [0.25, 0.3) is 5.91 Å². The predicted molar refractivity (Wildman–Crippen MR) is 74.2 cm³/mol. The third-order valence-electron chi connectivity index (χ3n) is 3.85. The monoisotopic (exact) mass is 318 g/mol. The van der Waals surface area contributed by atoms with Crippen LogP contribution in [-0.2, 0) is 0 Å². The summed E-state index contributed by atoms with van der Waals surface area (Å²) in [5, 5.41) is 25.0. The van der Waals surface area contributed by atoms with E-state index >= 15 is 0 Å². The van der Waals surface area contributed by atoms with E-state index < -0.39 is 41.3 Å². The van der Waals surface area contributed by atoms with Crippen molar-refractivity contribution in [2.24, 2.45) is 0 Å². The minimum absolute atomic E-state index is 0.204. The molecule has 0 unspecified atom stereocenters. The minimum atomic E-state index is -1.10. The van der Waals surface area contributed by atoms with Crippen molar-refractivity contribution in [3.05, 3.63) is 53.4 Å². The molecule has 2 aromatic rings. The normalized spacial score (nSPS) is 23.0. The molecular formula is C15H12F2N4O2. The lowest BCUT2D eigenvalue weighted by Crippen LogP contribution is -2.56. The van der Waals surface area contributed by atoms with Gasteiger partial charge in [-0.15, -0.1) is 0 Å². The third kappa shape index (κ3) is 2.66. The van der Waals surface area contributed by atoms with Crippen molar-refractivity contribution < 1.29 is 18.7 Å². The second-order valence-corrected chi connectivity index (χ2v) is 5.29. The van der Waals surface area contributed by atoms with Crippen molar-refractivity contribution in [2.45, 2.75) is 24.6 Å². The van der Waals surface area contributed by atoms with Gasteiger partial charge >= 0.3 is 0 Å². The van der Waals surface area contributed by atoms with Crippen molar-refractivity contribution >= 4 is 5.91 Å². The van der Waals surface area contributed by atoms with Gasteiger partial charge in [-0.2, -0.15) is 10.4 Å². The number of aliphatic hydroxyl groups excluding tert-OH is 1. The van der Waals surface area contributed by atoms with Gasteiger partial charge in [-0.05, 0) is 24.6 Å². The van der Waals surface area contributed by atoms with E-state index in [1.54, 1.807) is 18.3 Å². The van der Waals surface area contributed by atoms with Crippen molar-refractivity contribution in [3.63, 3.8) is 0 Å². The molecule has 1 saturated carbocycles. The predicted octanol–water partition coefficient (Wildman–Crippen LogP) is 1.14. The summed E-state index contributed by atoms with van der Waals surface area (Å²) in [6.45, 7) is 0. The summed E-state index contributed by atoms with van der Waals surface area (Å²) in [7, 11) is 0. The van der Waals surface area contributed by atoms with Crippen LogP contribution in [0, 0.1) is 23.0 Å².